The predicted octanol–water partition coefficient (Wildman–Crippen LogP) is 1.42. The maximum atomic E-state index is 11.8. The maximum Gasteiger partial charge on any atom is 0.339 e. The number of nitro benzene ring substituents is 1. The molecule has 20 heavy (non-hydrogen) atoms. The van der Waals surface area contributed by atoms with E-state index in [0.717, 1.165) is 18.9 Å². The largest absolute Gasteiger partial charge is 0.449 e. The SMILES string of the molecule is C[C@H](OC(=O)c1cccc([N+](=O)[O-])c1)C(=O)NC1CC1. The summed E-state index contributed by atoms with van der Waals surface area (Å²) in [6.45, 7) is 1.47. The Morgan fingerprint density at radius 1 is 1.45 bits per heavy atom. The number of nitrogens with one attached hydrogen (secondary N) is 1. The number of rotatable bonds is 5. The van der Waals surface area contributed by atoms with Crippen molar-refractivity contribution in [2.24, 2.45) is 0 Å². The molecular formula is C13H14N2O5. The third kappa shape index (κ3) is 3.53. The van der Waals surface area contributed by atoms with Crippen molar-refractivity contribution in [2.45, 2.75) is 31.9 Å². The zero-order chi connectivity index (χ0) is 14.7. The van der Waals surface area contributed by atoms with Gasteiger partial charge in [-0.05, 0) is 25.8 Å². The van der Waals surface area contributed by atoms with E-state index in [-0.39, 0.29) is 23.2 Å². The smallest absolute Gasteiger partial charge is 0.339 e. The minimum absolute atomic E-state index is 0.0465. The number of hydrogen-bond acceptors (Lipinski definition) is 5. The lowest BCUT2D eigenvalue weighted by molar-refractivity contribution is -0.384. The van der Waals surface area contributed by atoms with Crippen LogP contribution in [0.15, 0.2) is 24.3 Å². The molecule has 1 fully saturated rings. The summed E-state index contributed by atoms with van der Waals surface area (Å²) in [5.74, 6) is -1.11. The van der Waals surface area contributed by atoms with Crippen molar-refractivity contribution in [1.29, 1.82) is 0 Å². The Hall–Kier alpha value is -2.44. The van der Waals surface area contributed by atoms with Crippen molar-refractivity contribution in [3.05, 3.63) is 39.9 Å². The minimum Gasteiger partial charge on any atom is -0.449 e. The first-order valence-corrected chi connectivity index (χ1v) is 6.23. The molecule has 7 nitrogen and oxygen atoms in total. The first-order valence-electron chi connectivity index (χ1n) is 6.23. The molecule has 7 heteroatoms. The summed E-state index contributed by atoms with van der Waals surface area (Å²) in [6, 6.07) is 5.37. The number of non-ortho nitro benzene ring substituents is 1. The molecular weight excluding hydrogens is 264 g/mol. The van der Waals surface area contributed by atoms with Gasteiger partial charge in [-0.15, -0.1) is 0 Å². The molecule has 1 aliphatic carbocycles. The van der Waals surface area contributed by atoms with Gasteiger partial charge in [-0.25, -0.2) is 4.79 Å². The zero-order valence-electron chi connectivity index (χ0n) is 10.9. The maximum absolute atomic E-state index is 11.8. The molecule has 1 aromatic carbocycles. The number of ether oxygens (including phenoxy) is 1. The van der Waals surface area contributed by atoms with Crippen molar-refractivity contribution in [1.82, 2.24) is 5.32 Å². The Labute approximate surface area is 115 Å². The molecule has 106 valence electrons. The average molecular weight is 278 g/mol. The Balaban J connectivity index is 1.98. The molecule has 0 radical (unpaired) electrons. The van der Waals surface area contributed by atoms with E-state index >= 15 is 0 Å². The third-order valence-corrected chi connectivity index (χ3v) is 2.87. The van der Waals surface area contributed by atoms with Gasteiger partial charge in [0.05, 0.1) is 10.5 Å². The first kappa shape index (κ1) is 14.0. The molecule has 1 amide bonds. The molecule has 0 aliphatic heterocycles. The average Bonchev–Trinajstić information content (AvgIpc) is 3.22. The van der Waals surface area contributed by atoms with Crippen molar-refractivity contribution in [2.75, 3.05) is 0 Å². The second-order valence-corrected chi connectivity index (χ2v) is 4.64. The highest BCUT2D eigenvalue weighted by Gasteiger charge is 2.27. The quantitative estimate of drug-likeness (QED) is 0.499. The number of amides is 1. The Bertz CT molecular complexity index is 553. The lowest BCUT2D eigenvalue weighted by atomic mass is 10.2. The van der Waals surface area contributed by atoms with Gasteiger partial charge in [-0.3, -0.25) is 14.9 Å². The number of nitro groups is 1. The lowest BCUT2D eigenvalue weighted by Crippen LogP contribution is -2.37. The molecule has 1 aliphatic rings. The minimum atomic E-state index is -0.928. The molecule has 1 aromatic rings. The van der Waals surface area contributed by atoms with Gasteiger partial charge in [-0.1, -0.05) is 6.07 Å². The zero-order valence-corrected chi connectivity index (χ0v) is 10.9. The Morgan fingerprint density at radius 3 is 2.75 bits per heavy atom. The van der Waals surface area contributed by atoms with Crippen LogP contribution in [-0.4, -0.2) is 28.9 Å². The summed E-state index contributed by atoms with van der Waals surface area (Å²) in [4.78, 5) is 33.5. The van der Waals surface area contributed by atoms with Crippen molar-refractivity contribution in [3.8, 4) is 0 Å². The Morgan fingerprint density at radius 2 is 2.15 bits per heavy atom. The van der Waals surface area contributed by atoms with E-state index in [1.165, 1.54) is 25.1 Å². The van der Waals surface area contributed by atoms with Gasteiger partial charge in [0.25, 0.3) is 11.6 Å². The molecule has 0 bridgehead atoms. The van der Waals surface area contributed by atoms with Crippen LogP contribution in [0.2, 0.25) is 0 Å². The fraction of sp³-hybridized carbons (Fsp3) is 0.385. The molecule has 0 aromatic heterocycles. The number of carbonyl (C=O) groups is 2. The van der Waals surface area contributed by atoms with Crippen LogP contribution in [-0.2, 0) is 9.53 Å². The summed E-state index contributed by atoms with van der Waals surface area (Å²) in [7, 11) is 0. The molecule has 1 saturated carbocycles. The number of hydrogen-bond donors (Lipinski definition) is 1. The number of benzene rings is 1. The van der Waals surface area contributed by atoms with E-state index in [4.69, 9.17) is 4.74 Å². The van der Waals surface area contributed by atoms with Crippen LogP contribution >= 0.6 is 0 Å². The molecule has 0 heterocycles. The van der Waals surface area contributed by atoms with Gasteiger partial charge in [0.2, 0.25) is 0 Å². The normalized spacial score (nSPS) is 15.2. The fourth-order valence-corrected chi connectivity index (χ4v) is 1.57. The van der Waals surface area contributed by atoms with Crippen molar-refractivity contribution < 1.29 is 19.2 Å². The molecule has 0 saturated heterocycles. The van der Waals surface area contributed by atoms with Crippen molar-refractivity contribution in [3.63, 3.8) is 0 Å². The summed E-state index contributed by atoms with van der Waals surface area (Å²) in [5.41, 5.74) is -0.153. The van der Waals surface area contributed by atoms with Crippen LogP contribution < -0.4 is 5.32 Å². The Kier molecular flexibility index (Phi) is 3.97. The van der Waals surface area contributed by atoms with Gasteiger partial charge in [0, 0.05) is 18.2 Å². The highest BCUT2D eigenvalue weighted by molar-refractivity contribution is 5.92. The van der Waals surface area contributed by atoms with Crippen LogP contribution in [0.25, 0.3) is 0 Å². The second kappa shape index (κ2) is 5.68. The van der Waals surface area contributed by atoms with E-state index in [9.17, 15) is 19.7 Å². The first-order chi connectivity index (χ1) is 9.47. The second-order valence-electron chi connectivity index (χ2n) is 4.64. The fourth-order valence-electron chi connectivity index (χ4n) is 1.57. The number of nitrogens with zero attached hydrogens (tertiary/aromatic N) is 1. The van der Waals surface area contributed by atoms with Crippen LogP contribution in [0.5, 0.6) is 0 Å². The topological polar surface area (TPSA) is 98.5 Å². The number of esters is 1. The van der Waals surface area contributed by atoms with E-state index in [1.807, 2.05) is 0 Å². The summed E-state index contributed by atoms with van der Waals surface area (Å²) < 4.78 is 4.99. The summed E-state index contributed by atoms with van der Waals surface area (Å²) in [5, 5.41) is 13.3. The highest BCUT2D eigenvalue weighted by atomic mass is 16.6. The van der Waals surface area contributed by atoms with Crippen LogP contribution in [0.4, 0.5) is 5.69 Å². The third-order valence-electron chi connectivity index (χ3n) is 2.87. The number of carbonyl (C=O) groups excluding carboxylic acids is 2. The molecule has 0 unspecified atom stereocenters. The predicted molar refractivity (Wildman–Crippen MR) is 69.1 cm³/mol. The van der Waals surface area contributed by atoms with Gasteiger partial charge in [0.1, 0.15) is 0 Å². The van der Waals surface area contributed by atoms with E-state index in [1.54, 1.807) is 0 Å². The molecule has 0 spiro atoms. The summed E-state index contributed by atoms with van der Waals surface area (Å²) >= 11 is 0. The highest BCUT2D eigenvalue weighted by Crippen LogP contribution is 2.19. The van der Waals surface area contributed by atoms with E-state index in [0.29, 0.717) is 0 Å². The van der Waals surface area contributed by atoms with E-state index in [2.05, 4.69) is 5.32 Å². The molecule has 2 rings (SSSR count). The monoisotopic (exact) mass is 278 g/mol. The van der Waals surface area contributed by atoms with E-state index < -0.39 is 17.0 Å². The van der Waals surface area contributed by atoms with Crippen LogP contribution in [0.1, 0.15) is 30.1 Å². The summed E-state index contributed by atoms with van der Waals surface area (Å²) in [6.07, 6.45) is 0.955. The molecule has 1 N–H and O–H groups in total. The molecule has 1 atom stereocenters. The lowest BCUT2D eigenvalue weighted by Gasteiger charge is -2.13. The van der Waals surface area contributed by atoms with Gasteiger partial charge >= 0.3 is 5.97 Å². The van der Waals surface area contributed by atoms with Crippen LogP contribution in [0, 0.1) is 10.1 Å². The van der Waals surface area contributed by atoms with Gasteiger partial charge < -0.3 is 10.1 Å². The van der Waals surface area contributed by atoms with Crippen molar-refractivity contribution >= 4 is 17.6 Å². The van der Waals surface area contributed by atoms with Gasteiger partial charge in [0.15, 0.2) is 6.10 Å². The van der Waals surface area contributed by atoms with Crippen LogP contribution in [0.3, 0.4) is 0 Å². The van der Waals surface area contributed by atoms with Gasteiger partial charge in [-0.2, -0.15) is 0 Å². The standard InChI is InChI=1S/C13H14N2O5/c1-8(12(16)14-10-5-6-10)20-13(17)9-3-2-4-11(7-9)15(18)19/h2-4,7-8,10H,5-6H2,1H3,(H,14,16)/t8-/m0/s1.